The molecule has 3 atom stereocenters. The molecule has 1 aromatic heterocycles. The Morgan fingerprint density at radius 1 is 1.06 bits per heavy atom. The van der Waals surface area contributed by atoms with Crippen LogP contribution in [0.1, 0.15) is 27.5 Å². The van der Waals surface area contributed by atoms with E-state index in [0.29, 0.717) is 17.2 Å². The Morgan fingerprint density at radius 3 is 2.63 bits per heavy atom. The molecule has 180 valence electrons. The Labute approximate surface area is 197 Å². The summed E-state index contributed by atoms with van der Waals surface area (Å²) in [5.41, 5.74) is 0.249. The lowest BCUT2D eigenvalue weighted by atomic mass is 10.1. The number of alkyl halides is 3. The molecular weight excluding hydrogens is 465 g/mol. The molecule has 8 nitrogen and oxygen atoms in total. The molecule has 3 aromatic rings. The van der Waals surface area contributed by atoms with Gasteiger partial charge in [0.2, 0.25) is 0 Å². The van der Waals surface area contributed by atoms with E-state index in [2.05, 4.69) is 20.9 Å². The third-order valence-electron chi connectivity index (χ3n) is 5.73. The van der Waals surface area contributed by atoms with E-state index in [9.17, 15) is 22.8 Å². The van der Waals surface area contributed by atoms with E-state index < -0.39 is 17.8 Å². The number of rotatable bonds is 5. The zero-order valence-electron chi connectivity index (χ0n) is 18.2. The number of nitrogens with zero attached hydrogens (tertiary/aromatic N) is 1. The highest BCUT2D eigenvalue weighted by atomic mass is 19.4. The Morgan fingerprint density at radius 2 is 1.86 bits per heavy atom. The number of carbonyl (C=O) groups is 2. The van der Waals surface area contributed by atoms with Crippen molar-refractivity contribution < 1.29 is 32.2 Å². The van der Waals surface area contributed by atoms with Crippen molar-refractivity contribution in [3.63, 3.8) is 0 Å². The van der Waals surface area contributed by atoms with Crippen LogP contribution in [-0.2, 0) is 6.18 Å². The number of urea groups is 1. The highest BCUT2D eigenvalue weighted by Crippen LogP contribution is 2.54. The lowest BCUT2D eigenvalue weighted by Gasteiger charge is -2.13. The first-order chi connectivity index (χ1) is 16.7. The number of pyridine rings is 1. The zero-order valence-corrected chi connectivity index (χ0v) is 18.2. The average Bonchev–Trinajstić information content (AvgIpc) is 3.34. The molecular formula is C24H19F3N4O4. The maximum atomic E-state index is 12.9. The SMILES string of the molecule is CNC(=O)c1cc(Oc2ccc3c(c2)C2[C@@H](NC(=O)Nc4cccc(C(F)(F)F)c4)[C@H]2O3)ccn1. The van der Waals surface area contributed by atoms with Crippen molar-refractivity contribution in [1.29, 1.82) is 0 Å². The summed E-state index contributed by atoms with van der Waals surface area (Å²) in [5.74, 6) is 1.17. The van der Waals surface area contributed by atoms with Gasteiger partial charge in [0.05, 0.1) is 17.5 Å². The maximum Gasteiger partial charge on any atom is 0.416 e. The topological polar surface area (TPSA) is 102 Å². The zero-order chi connectivity index (χ0) is 24.7. The van der Waals surface area contributed by atoms with Gasteiger partial charge in [-0.2, -0.15) is 13.2 Å². The van der Waals surface area contributed by atoms with Crippen molar-refractivity contribution >= 4 is 17.6 Å². The summed E-state index contributed by atoms with van der Waals surface area (Å²) < 4.78 is 50.4. The van der Waals surface area contributed by atoms with E-state index in [-0.39, 0.29) is 35.4 Å². The predicted octanol–water partition coefficient (Wildman–Crippen LogP) is 4.30. The number of halogens is 3. The second-order valence-corrected chi connectivity index (χ2v) is 8.07. The van der Waals surface area contributed by atoms with Gasteiger partial charge in [-0.25, -0.2) is 4.79 Å². The normalized spacial score (nSPS) is 19.6. The molecule has 5 rings (SSSR count). The molecule has 3 N–H and O–H groups in total. The highest BCUT2D eigenvalue weighted by molar-refractivity contribution is 5.92. The number of aromatic nitrogens is 1. The van der Waals surface area contributed by atoms with E-state index in [4.69, 9.17) is 9.47 Å². The summed E-state index contributed by atoms with van der Waals surface area (Å²) >= 11 is 0. The molecule has 1 saturated carbocycles. The van der Waals surface area contributed by atoms with Crippen molar-refractivity contribution in [2.24, 2.45) is 0 Å². The molecule has 0 radical (unpaired) electrons. The molecule has 1 aliphatic carbocycles. The Hall–Kier alpha value is -4.28. The van der Waals surface area contributed by atoms with Crippen LogP contribution < -0.4 is 25.4 Å². The van der Waals surface area contributed by atoms with Crippen molar-refractivity contribution in [3.8, 4) is 17.2 Å². The Balaban J connectivity index is 1.23. The minimum absolute atomic E-state index is 0.0358. The van der Waals surface area contributed by atoms with Gasteiger partial charge in [0.1, 0.15) is 29.0 Å². The first-order valence-electron chi connectivity index (χ1n) is 10.6. The molecule has 0 spiro atoms. The number of benzene rings is 2. The summed E-state index contributed by atoms with van der Waals surface area (Å²) in [4.78, 5) is 28.1. The van der Waals surface area contributed by atoms with E-state index in [1.165, 1.54) is 31.4 Å². The summed E-state index contributed by atoms with van der Waals surface area (Å²) in [6.07, 6.45) is -3.30. The fourth-order valence-corrected chi connectivity index (χ4v) is 4.03. The molecule has 2 heterocycles. The third-order valence-corrected chi connectivity index (χ3v) is 5.73. The van der Waals surface area contributed by atoms with Gasteiger partial charge >= 0.3 is 12.2 Å². The minimum Gasteiger partial charge on any atom is -0.487 e. The molecule has 11 heteroatoms. The second kappa shape index (κ2) is 8.49. The molecule has 1 aliphatic heterocycles. The van der Waals surface area contributed by atoms with Gasteiger partial charge in [-0.1, -0.05) is 6.07 Å². The first-order valence-corrected chi connectivity index (χ1v) is 10.6. The van der Waals surface area contributed by atoms with Gasteiger partial charge in [-0.15, -0.1) is 0 Å². The maximum absolute atomic E-state index is 12.9. The van der Waals surface area contributed by atoms with Crippen LogP contribution >= 0.6 is 0 Å². The van der Waals surface area contributed by atoms with E-state index in [1.807, 2.05) is 0 Å². The number of fused-ring (bicyclic) bond motifs is 3. The quantitative estimate of drug-likeness (QED) is 0.501. The number of nitrogens with one attached hydrogen (secondary N) is 3. The van der Waals surface area contributed by atoms with Gasteiger partial charge in [0.15, 0.2) is 0 Å². The van der Waals surface area contributed by atoms with Crippen LogP contribution in [0.15, 0.2) is 60.8 Å². The Bertz CT molecular complexity index is 1310. The summed E-state index contributed by atoms with van der Waals surface area (Å²) in [6, 6.07) is 11.9. The van der Waals surface area contributed by atoms with Gasteiger partial charge in [0.25, 0.3) is 5.91 Å². The highest BCUT2D eigenvalue weighted by Gasteiger charge is 2.59. The fourth-order valence-electron chi connectivity index (χ4n) is 4.03. The number of amides is 3. The van der Waals surface area contributed by atoms with Crippen molar-refractivity contribution in [2.75, 3.05) is 12.4 Å². The largest absolute Gasteiger partial charge is 0.487 e. The molecule has 35 heavy (non-hydrogen) atoms. The van der Waals surface area contributed by atoms with Gasteiger partial charge in [-0.05, 0) is 42.5 Å². The van der Waals surface area contributed by atoms with Gasteiger partial charge in [0, 0.05) is 30.6 Å². The molecule has 1 fully saturated rings. The monoisotopic (exact) mass is 484 g/mol. The standard InChI is InChI=1S/C24H19F3N4O4/c1-28-22(32)17-11-15(7-8-29-17)34-14-5-6-18-16(10-14)19-20(21(19)35-18)31-23(33)30-13-4-2-3-12(9-13)24(25,26)27/h2-11,19-21H,1H3,(H,28,32)(H2,30,31,33)/t19?,20-,21+/m1/s1. The van der Waals surface area contributed by atoms with E-state index in [1.54, 1.807) is 24.3 Å². The number of carbonyl (C=O) groups excluding carboxylic acids is 2. The number of hydrogen-bond donors (Lipinski definition) is 3. The van der Waals surface area contributed by atoms with Crippen LogP contribution in [0, 0.1) is 0 Å². The van der Waals surface area contributed by atoms with Crippen molar-refractivity contribution in [1.82, 2.24) is 15.6 Å². The van der Waals surface area contributed by atoms with Gasteiger partial charge < -0.3 is 25.4 Å². The molecule has 0 bridgehead atoms. The van der Waals surface area contributed by atoms with Crippen LogP contribution in [0.4, 0.5) is 23.7 Å². The van der Waals surface area contributed by atoms with E-state index in [0.717, 1.165) is 17.7 Å². The molecule has 3 amide bonds. The summed E-state index contributed by atoms with van der Waals surface area (Å²) in [6.45, 7) is 0. The van der Waals surface area contributed by atoms with Crippen molar-refractivity contribution in [3.05, 3.63) is 77.6 Å². The molecule has 2 aliphatic rings. The fraction of sp³-hybridized carbons (Fsp3) is 0.208. The van der Waals surface area contributed by atoms with Gasteiger partial charge in [-0.3, -0.25) is 9.78 Å². The molecule has 1 unspecified atom stereocenters. The Kier molecular flexibility index (Phi) is 5.46. The number of hydrogen-bond acceptors (Lipinski definition) is 5. The minimum atomic E-state index is -4.50. The van der Waals surface area contributed by atoms with Crippen LogP contribution in [-0.4, -0.2) is 36.1 Å². The summed E-state index contributed by atoms with van der Waals surface area (Å²) in [5, 5.41) is 7.68. The number of ether oxygens (including phenoxy) is 2. The predicted molar refractivity (Wildman–Crippen MR) is 119 cm³/mol. The van der Waals surface area contributed by atoms with E-state index >= 15 is 0 Å². The van der Waals surface area contributed by atoms with Crippen LogP contribution in [0.3, 0.4) is 0 Å². The lowest BCUT2D eigenvalue weighted by Crippen LogP contribution is -2.34. The van der Waals surface area contributed by atoms with Crippen molar-refractivity contribution in [2.45, 2.75) is 24.2 Å². The molecule has 2 aromatic carbocycles. The lowest BCUT2D eigenvalue weighted by molar-refractivity contribution is -0.137. The number of anilines is 1. The third kappa shape index (κ3) is 4.57. The second-order valence-electron chi connectivity index (χ2n) is 8.07. The average molecular weight is 484 g/mol. The van der Waals surface area contributed by atoms with Crippen LogP contribution in [0.5, 0.6) is 17.2 Å². The van der Waals surface area contributed by atoms with Crippen LogP contribution in [0.25, 0.3) is 0 Å². The van der Waals surface area contributed by atoms with Crippen LogP contribution in [0.2, 0.25) is 0 Å². The smallest absolute Gasteiger partial charge is 0.416 e. The summed E-state index contributed by atoms with van der Waals surface area (Å²) in [7, 11) is 1.51. The first kappa shape index (κ1) is 22.5. The molecule has 0 saturated heterocycles.